The molecule has 2 heteroatoms. The topological polar surface area (TPSA) is 18.5 Å². The van der Waals surface area contributed by atoms with Crippen LogP contribution in [0.25, 0.3) is 0 Å². The molecule has 0 aliphatic carbocycles. The highest BCUT2D eigenvalue weighted by molar-refractivity contribution is 4.73. The van der Waals surface area contributed by atoms with Gasteiger partial charge in [0, 0.05) is 5.92 Å². The van der Waals surface area contributed by atoms with Crippen LogP contribution >= 0.6 is 0 Å². The van der Waals surface area contributed by atoms with E-state index < -0.39 is 0 Å². The number of rotatable bonds is 2. The smallest absolute Gasteiger partial charge is 0.160 e. The third-order valence-electron chi connectivity index (χ3n) is 2.13. The summed E-state index contributed by atoms with van der Waals surface area (Å²) >= 11 is 0. The first kappa shape index (κ1) is 9.01. The normalized spacial score (nSPS) is 38.5. The highest BCUT2D eigenvalue weighted by Crippen LogP contribution is 2.25. The van der Waals surface area contributed by atoms with E-state index in [-0.39, 0.29) is 12.4 Å². The van der Waals surface area contributed by atoms with Gasteiger partial charge in [0.2, 0.25) is 0 Å². The van der Waals surface area contributed by atoms with Gasteiger partial charge in [0.05, 0.1) is 12.2 Å². The van der Waals surface area contributed by atoms with E-state index >= 15 is 0 Å². The zero-order valence-corrected chi connectivity index (χ0v) is 7.83. The second-order valence-corrected chi connectivity index (χ2v) is 3.54. The summed E-state index contributed by atoms with van der Waals surface area (Å²) in [6.45, 7) is 8.45. The lowest BCUT2D eigenvalue weighted by molar-refractivity contribution is -0.0938. The van der Waals surface area contributed by atoms with Crippen LogP contribution in [0.5, 0.6) is 0 Å². The van der Waals surface area contributed by atoms with Gasteiger partial charge < -0.3 is 9.47 Å². The van der Waals surface area contributed by atoms with Crippen molar-refractivity contribution in [1.82, 2.24) is 0 Å². The highest BCUT2D eigenvalue weighted by Gasteiger charge is 2.32. The Morgan fingerprint density at radius 2 is 1.91 bits per heavy atom. The summed E-state index contributed by atoms with van der Waals surface area (Å²) in [5, 5.41) is 0. The summed E-state index contributed by atoms with van der Waals surface area (Å²) in [5.74, 6) is 0.467. The summed E-state index contributed by atoms with van der Waals surface area (Å²) in [7, 11) is 0. The standard InChI is InChI=1S/C9H18O2/c1-5-8-7(4)10-9(11-8)6(2)3/h6-9H,5H2,1-4H3/t7-,8-,9-/m0/s1. The Kier molecular flexibility index (Phi) is 2.90. The molecule has 1 rings (SSSR count). The molecule has 1 heterocycles. The van der Waals surface area contributed by atoms with Crippen molar-refractivity contribution in [2.75, 3.05) is 0 Å². The van der Waals surface area contributed by atoms with Crippen LogP contribution in [0.3, 0.4) is 0 Å². The molecule has 3 atom stereocenters. The van der Waals surface area contributed by atoms with Gasteiger partial charge in [0.25, 0.3) is 0 Å². The first-order valence-corrected chi connectivity index (χ1v) is 4.46. The van der Waals surface area contributed by atoms with Crippen molar-refractivity contribution in [1.29, 1.82) is 0 Å². The van der Waals surface area contributed by atoms with E-state index in [2.05, 4.69) is 27.7 Å². The molecule has 2 nitrogen and oxygen atoms in total. The van der Waals surface area contributed by atoms with Crippen molar-refractivity contribution in [2.24, 2.45) is 5.92 Å². The predicted molar refractivity (Wildman–Crippen MR) is 44.3 cm³/mol. The maximum atomic E-state index is 5.66. The van der Waals surface area contributed by atoms with Gasteiger partial charge in [-0.2, -0.15) is 0 Å². The van der Waals surface area contributed by atoms with Gasteiger partial charge in [-0.1, -0.05) is 20.8 Å². The van der Waals surface area contributed by atoms with Crippen molar-refractivity contribution in [3.05, 3.63) is 0 Å². The fourth-order valence-corrected chi connectivity index (χ4v) is 1.36. The molecule has 0 radical (unpaired) electrons. The van der Waals surface area contributed by atoms with Crippen molar-refractivity contribution < 1.29 is 9.47 Å². The van der Waals surface area contributed by atoms with E-state index in [0.717, 1.165) is 6.42 Å². The SMILES string of the molecule is CC[C@@H]1O[C@@H](C(C)C)O[C@H]1C. The van der Waals surface area contributed by atoms with Crippen LogP contribution in [0.4, 0.5) is 0 Å². The lowest BCUT2D eigenvalue weighted by Gasteiger charge is -2.13. The van der Waals surface area contributed by atoms with Crippen LogP contribution < -0.4 is 0 Å². The van der Waals surface area contributed by atoms with Crippen molar-refractivity contribution in [2.45, 2.75) is 52.6 Å². The van der Waals surface area contributed by atoms with Crippen LogP contribution in [0.2, 0.25) is 0 Å². The fraction of sp³-hybridized carbons (Fsp3) is 1.00. The van der Waals surface area contributed by atoms with E-state index in [0.29, 0.717) is 12.0 Å². The van der Waals surface area contributed by atoms with Gasteiger partial charge >= 0.3 is 0 Å². The molecular formula is C9H18O2. The fourth-order valence-electron chi connectivity index (χ4n) is 1.36. The molecule has 0 bridgehead atoms. The molecule has 0 spiro atoms. The molecule has 0 saturated carbocycles. The molecule has 0 aromatic heterocycles. The highest BCUT2D eigenvalue weighted by atomic mass is 16.7. The van der Waals surface area contributed by atoms with E-state index in [4.69, 9.17) is 9.47 Å². The Labute approximate surface area is 68.9 Å². The van der Waals surface area contributed by atoms with Gasteiger partial charge in [-0.05, 0) is 13.3 Å². The zero-order valence-electron chi connectivity index (χ0n) is 7.83. The zero-order chi connectivity index (χ0) is 8.43. The maximum absolute atomic E-state index is 5.66. The monoisotopic (exact) mass is 158 g/mol. The summed E-state index contributed by atoms with van der Waals surface area (Å²) in [6.07, 6.45) is 1.65. The number of ether oxygens (including phenoxy) is 2. The van der Waals surface area contributed by atoms with Crippen molar-refractivity contribution in [3.8, 4) is 0 Å². The Morgan fingerprint density at radius 3 is 2.18 bits per heavy atom. The minimum atomic E-state index is 0.0231. The summed E-state index contributed by atoms with van der Waals surface area (Å²) in [4.78, 5) is 0. The van der Waals surface area contributed by atoms with E-state index in [9.17, 15) is 0 Å². The molecule has 1 aliphatic rings. The van der Waals surface area contributed by atoms with Gasteiger partial charge in [-0.25, -0.2) is 0 Å². The molecule has 0 unspecified atom stereocenters. The van der Waals surface area contributed by atoms with Crippen molar-refractivity contribution >= 4 is 0 Å². The van der Waals surface area contributed by atoms with Crippen LogP contribution in [0.1, 0.15) is 34.1 Å². The van der Waals surface area contributed by atoms with Gasteiger partial charge in [0.1, 0.15) is 0 Å². The second kappa shape index (κ2) is 3.55. The molecule has 1 fully saturated rings. The Balaban J connectivity index is 2.43. The molecule has 1 saturated heterocycles. The quantitative estimate of drug-likeness (QED) is 0.613. The van der Waals surface area contributed by atoms with Crippen LogP contribution in [0.15, 0.2) is 0 Å². The minimum absolute atomic E-state index is 0.0231. The Morgan fingerprint density at radius 1 is 1.27 bits per heavy atom. The average Bonchev–Trinajstić information content (AvgIpc) is 2.31. The third kappa shape index (κ3) is 1.94. The lowest BCUT2D eigenvalue weighted by atomic mass is 10.2. The summed E-state index contributed by atoms with van der Waals surface area (Å²) in [5.41, 5.74) is 0. The van der Waals surface area contributed by atoms with E-state index in [1.54, 1.807) is 0 Å². The van der Waals surface area contributed by atoms with Gasteiger partial charge in [-0.3, -0.25) is 0 Å². The van der Waals surface area contributed by atoms with Crippen LogP contribution in [0, 0.1) is 5.92 Å². The Bertz CT molecular complexity index is 123. The molecule has 0 N–H and O–H groups in total. The molecule has 11 heavy (non-hydrogen) atoms. The predicted octanol–water partition coefficient (Wildman–Crippen LogP) is 2.18. The number of hydrogen-bond acceptors (Lipinski definition) is 2. The Hall–Kier alpha value is -0.0800. The molecular weight excluding hydrogens is 140 g/mol. The first-order valence-electron chi connectivity index (χ1n) is 4.46. The van der Waals surface area contributed by atoms with Crippen LogP contribution in [-0.4, -0.2) is 18.5 Å². The van der Waals surface area contributed by atoms with E-state index in [1.165, 1.54) is 0 Å². The average molecular weight is 158 g/mol. The van der Waals surface area contributed by atoms with Gasteiger partial charge in [0.15, 0.2) is 6.29 Å². The second-order valence-electron chi connectivity index (χ2n) is 3.54. The van der Waals surface area contributed by atoms with Crippen molar-refractivity contribution in [3.63, 3.8) is 0 Å². The minimum Gasteiger partial charge on any atom is -0.347 e. The summed E-state index contributed by atoms with van der Waals surface area (Å²) in [6, 6.07) is 0. The molecule has 1 aliphatic heterocycles. The lowest BCUT2D eigenvalue weighted by Crippen LogP contribution is -2.17. The maximum Gasteiger partial charge on any atom is 0.160 e. The van der Waals surface area contributed by atoms with Crippen LogP contribution in [-0.2, 0) is 9.47 Å². The van der Waals surface area contributed by atoms with E-state index in [1.807, 2.05) is 0 Å². The third-order valence-corrected chi connectivity index (χ3v) is 2.13. The first-order chi connectivity index (χ1) is 5.15. The molecule has 66 valence electrons. The largest absolute Gasteiger partial charge is 0.347 e. The number of hydrogen-bond donors (Lipinski definition) is 0. The molecule has 0 aromatic carbocycles. The molecule has 0 aromatic rings. The van der Waals surface area contributed by atoms with Gasteiger partial charge in [-0.15, -0.1) is 0 Å². The molecule has 0 amide bonds. The summed E-state index contributed by atoms with van der Waals surface area (Å²) < 4.78 is 11.3.